The minimum Gasteiger partial charge on any atom is -0.457 e. The first-order chi connectivity index (χ1) is 16.1. The van der Waals surface area contributed by atoms with E-state index in [1.165, 1.54) is 19.2 Å². The maximum absolute atomic E-state index is 13.4. The van der Waals surface area contributed by atoms with Crippen LogP contribution in [0.15, 0.2) is 60.8 Å². The van der Waals surface area contributed by atoms with Gasteiger partial charge in [-0.3, -0.25) is 9.78 Å². The lowest BCUT2D eigenvalue weighted by molar-refractivity contribution is -0.136. The number of carbonyl (C=O) groups excluding carboxylic acids is 1. The smallest absolute Gasteiger partial charge is 0.249 e. The Kier molecular flexibility index (Phi) is 5.75. The predicted octanol–water partition coefficient (Wildman–Crippen LogP) is 4.87. The van der Waals surface area contributed by atoms with Gasteiger partial charge in [0, 0.05) is 31.5 Å². The number of amides is 1. The van der Waals surface area contributed by atoms with Gasteiger partial charge in [0.05, 0.1) is 17.1 Å². The van der Waals surface area contributed by atoms with Crippen LogP contribution in [-0.4, -0.2) is 46.0 Å². The van der Waals surface area contributed by atoms with Gasteiger partial charge in [0.15, 0.2) is 5.82 Å². The standard InChI is InChI=1S/C25H23FN4O3/c1-32-15-24(31)30-12-4-6-22(30)18-13-20-21(29-25(28-20)19-5-2-3-11-27-19)14-23(18)33-17-9-7-16(26)8-10-17/h2-3,5,7-11,13-14,22H,4,6,12,15H2,1H3,(H,28,29). The minimum absolute atomic E-state index is 0.0286. The molecule has 1 saturated heterocycles. The van der Waals surface area contributed by atoms with Crippen molar-refractivity contribution in [1.29, 1.82) is 0 Å². The number of methoxy groups -OCH3 is 1. The Morgan fingerprint density at radius 3 is 2.82 bits per heavy atom. The molecule has 4 aromatic rings. The first-order valence-electron chi connectivity index (χ1n) is 10.8. The number of aromatic nitrogens is 3. The topological polar surface area (TPSA) is 80.3 Å². The number of carbonyl (C=O) groups is 1. The number of benzene rings is 2. The zero-order valence-corrected chi connectivity index (χ0v) is 18.1. The summed E-state index contributed by atoms with van der Waals surface area (Å²) in [6.07, 6.45) is 3.41. The molecule has 1 amide bonds. The summed E-state index contributed by atoms with van der Waals surface area (Å²) in [5.74, 6) is 1.33. The van der Waals surface area contributed by atoms with Crippen LogP contribution >= 0.6 is 0 Å². The third-order valence-electron chi connectivity index (χ3n) is 5.76. The second-order valence-corrected chi connectivity index (χ2v) is 7.94. The molecule has 5 rings (SSSR count). The lowest BCUT2D eigenvalue weighted by Crippen LogP contribution is -2.33. The second-order valence-electron chi connectivity index (χ2n) is 7.94. The van der Waals surface area contributed by atoms with Crippen molar-refractivity contribution in [2.24, 2.45) is 0 Å². The fraction of sp³-hybridized carbons (Fsp3) is 0.240. The van der Waals surface area contributed by atoms with Crippen LogP contribution in [0, 0.1) is 5.82 Å². The van der Waals surface area contributed by atoms with E-state index in [1.54, 1.807) is 18.3 Å². The molecular weight excluding hydrogens is 423 g/mol. The summed E-state index contributed by atoms with van der Waals surface area (Å²) in [6, 6.07) is 15.2. The van der Waals surface area contributed by atoms with Crippen molar-refractivity contribution in [3.63, 3.8) is 0 Å². The quantitative estimate of drug-likeness (QED) is 0.457. The number of fused-ring (bicyclic) bond motifs is 1. The molecule has 1 N–H and O–H groups in total. The van der Waals surface area contributed by atoms with E-state index in [4.69, 9.17) is 14.5 Å². The Bertz CT molecular complexity index is 1270. The highest BCUT2D eigenvalue weighted by atomic mass is 19.1. The Balaban J connectivity index is 1.59. The molecule has 3 heterocycles. The molecule has 1 unspecified atom stereocenters. The molecule has 1 atom stereocenters. The summed E-state index contributed by atoms with van der Waals surface area (Å²) in [5, 5.41) is 0. The highest BCUT2D eigenvalue weighted by Crippen LogP contribution is 2.41. The molecule has 0 spiro atoms. The van der Waals surface area contributed by atoms with Gasteiger partial charge in [-0.05, 0) is 55.3 Å². The number of aromatic amines is 1. The summed E-state index contributed by atoms with van der Waals surface area (Å²) >= 11 is 0. The molecule has 0 radical (unpaired) electrons. The number of imidazole rings is 1. The molecule has 2 aromatic heterocycles. The number of nitrogens with zero attached hydrogens (tertiary/aromatic N) is 3. The van der Waals surface area contributed by atoms with Gasteiger partial charge in [0.2, 0.25) is 5.91 Å². The van der Waals surface area contributed by atoms with Gasteiger partial charge in [0.25, 0.3) is 0 Å². The Hall–Kier alpha value is -3.78. The Morgan fingerprint density at radius 1 is 1.21 bits per heavy atom. The molecule has 0 aliphatic carbocycles. The van der Waals surface area contributed by atoms with Crippen molar-refractivity contribution in [2.75, 3.05) is 20.3 Å². The summed E-state index contributed by atoms with van der Waals surface area (Å²) in [7, 11) is 1.52. The lowest BCUT2D eigenvalue weighted by Gasteiger charge is -2.26. The maximum Gasteiger partial charge on any atom is 0.249 e. The van der Waals surface area contributed by atoms with E-state index in [9.17, 15) is 9.18 Å². The largest absolute Gasteiger partial charge is 0.457 e. The third kappa shape index (κ3) is 4.29. The normalized spacial score (nSPS) is 15.8. The average Bonchev–Trinajstić information content (AvgIpc) is 3.48. The van der Waals surface area contributed by atoms with E-state index >= 15 is 0 Å². The number of likely N-dealkylation sites (tertiary alicyclic amines) is 1. The van der Waals surface area contributed by atoms with Crippen molar-refractivity contribution in [2.45, 2.75) is 18.9 Å². The maximum atomic E-state index is 13.4. The zero-order valence-electron chi connectivity index (χ0n) is 18.1. The molecule has 33 heavy (non-hydrogen) atoms. The average molecular weight is 446 g/mol. The van der Waals surface area contributed by atoms with Crippen molar-refractivity contribution in [1.82, 2.24) is 19.9 Å². The first kappa shape index (κ1) is 21.1. The number of halogens is 1. The highest BCUT2D eigenvalue weighted by Gasteiger charge is 2.32. The van der Waals surface area contributed by atoms with E-state index in [2.05, 4.69) is 9.97 Å². The Labute approximate surface area is 190 Å². The van der Waals surface area contributed by atoms with Gasteiger partial charge < -0.3 is 19.4 Å². The molecule has 168 valence electrons. The lowest BCUT2D eigenvalue weighted by atomic mass is 10.0. The molecule has 2 aromatic carbocycles. The first-order valence-corrected chi connectivity index (χ1v) is 10.8. The summed E-state index contributed by atoms with van der Waals surface area (Å²) < 4.78 is 24.7. The molecule has 1 aliphatic rings. The van der Waals surface area contributed by atoms with Gasteiger partial charge in [-0.25, -0.2) is 9.37 Å². The van der Waals surface area contributed by atoms with E-state index in [-0.39, 0.29) is 24.4 Å². The van der Waals surface area contributed by atoms with Gasteiger partial charge in [0.1, 0.15) is 29.6 Å². The highest BCUT2D eigenvalue weighted by molar-refractivity contribution is 5.83. The SMILES string of the molecule is COCC(=O)N1CCCC1c1cc2[nH]c(-c3ccccn3)nc2cc1Oc1ccc(F)cc1. The van der Waals surface area contributed by atoms with Crippen LogP contribution in [0.1, 0.15) is 24.4 Å². The summed E-state index contributed by atoms with van der Waals surface area (Å²) in [6.45, 7) is 0.684. The van der Waals surface area contributed by atoms with Gasteiger partial charge in [-0.15, -0.1) is 0 Å². The van der Waals surface area contributed by atoms with Crippen molar-refractivity contribution < 1.29 is 18.7 Å². The number of H-pyrrole nitrogens is 1. The minimum atomic E-state index is -0.336. The molecule has 1 aliphatic heterocycles. The second kappa shape index (κ2) is 8.99. The van der Waals surface area contributed by atoms with E-state index in [0.29, 0.717) is 29.4 Å². The number of nitrogens with one attached hydrogen (secondary N) is 1. The molecule has 1 fully saturated rings. The molecule has 7 nitrogen and oxygen atoms in total. The van der Waals surface area contributed by atoms with Crippen molar-refractivity contribution in [3.8, 4) is 23.0 Å². The van der Waals surface area contributed by atoms with Crippen LogP contribution in [0.4, 0.5) is 4.39 Å². The van der Waals surface area contributed by atoms with Crippen LogP contribution in [0.25, 0.3) is 22.6 Å². The number of hydrogen-bond acceptors (Lipinski definition) is 5. The fourth-order valence-electron chi connectivity index (χ4n) is 4.25. The zero-order chi connectivity index (χ0) is 22.8. The van der Waals surface area contributed by atoms with E-state index < -0.39 is 0 Å². The van der Waals surface area contributed by atoms with Gasteiger partial charge >= 0.3 is 0 Å². The molecule has 0 saturated carbocycles. The summed E-state index contributed by atoms with van der Waals surface area (Å²) in [5.41, 5.74) is 3.13. The van der Waals surface area contributed by atoms with Crippen molar-refractivity contribution >= 4 is 16.9 Å². The van der Waals surface area contributed by atoms with Crippen LogP contribution in [0.2, 0.25) is 0 Å². The Morgan fingerprint density at radius 2 is 2.06 bits per heavy atom. The van der Waals surface area contributed by atoms with E-state index in [1.807, 2.05) is 35.2 Å². The van der Waals surface area contributed by atoms with Crippen LogP contribution in [-0.2, 0) is 9.53 Å². The third-order valence-corrected chi connectivity index (χ3v) is 5.76. The predicted molar refractivity (Wildman–Crippen MR) is 121 cm³/mol. The van der Waals surface area contributed by atoms with Crippen LogP contribution in [0.5, 0.6) is 11.5 Å². The number of hydrogen-bond donors (Lipinski definition) is 1. The number of pyridine rings is 1. The number of ether oxygens (including phenoxy) is 2. The van der Waals surface area contributed by atoms with Crippen LogP contribution in [0.3, 0.4) is 0 Å². The molecular formula is C25H23FN4O3. The van der Waals surface area contributed by atoms with Crippen LogP contribution < -0.4 is 4.74 Å². The van der Waals surface area contributed by atoms with Crippen molar-refractivity contribution in [3.05, 3.63) is 72.2 Å². The monoisotopic (exact) mass is 446 g/mol. The van der Waals surface area contributed by atoms with Gasteiger partial charge in [-0.2, -0.15) is 0 Å². The van der Waals surface area contributed by atoms with E-state index in [0.717, 1.165) is 29.6 Å². The summed E-state index contributed by atoms with van der Waals surface area (Å²) in [4.78, 5) is 26.9. The molecule has 0 bridgehead atoms. The number of rotatable bonds is 6. The fourth-order valence-corrected chi connectivity index (χ4v) is 4.25. The van der Waals surface area contributed by atoms with Gasteiger partial charge in [-0.1, -0.05) is 6.07 Å². The molecule has 8 heteroatoms.